The average Bonchev–Trinajstić information content (AvgIpc) is 3.14. The number of aromatic nitrogens is 3. The van der Waals surface area contributed by atoms with Gasteiger partial charge in [0, 0.05) is 10.8 Å². The third-order valence-corrected chi connectivity index (χ3v) is 5.45. The largest absolute Gasteiger partial charge is 0.496 e. The summed E-state index contributed by atoms with van der Waals surface area (Å²) in [5.41, 5.74) is 0.921. The van der Waals surface area contributed by atoms with Crippen LogP contribution in [-0.2, 0) is 12.4 Å². The molecule has 2 aromatic carbocycles. The number of thioether (sulfide) groups is 2. The number of benzene rings is 2. The number of hydrogen-bond donors (Lipinski definition) is 1. The number of halogens is 3. The minimum Gasteiger partial charge on any atom is -0.496 e. The lowest BCUT2D eigenvalue weighted by Crippen LogP contribution is -1.97. The van der Waals surface area contributed by atoms with E-state index in [0.717, 1.165) is 5.56 Å². The quantitative estimate of drug-likeness (QED) is 0.431. The first kappa shape index (κ1) is 20.8. The van der Waals surface area contributed by atoms with Crippen molar-refractivity contribution >= 4 is 35.1 Å². The fourth-order valence-corrected chi connectivity index (χ4v) is 3.72. The van der Waals surface area contributed by atoms with Crippen molar-refractivity contribution in [1.29, 1.82) is 0 Å². The molecule has 10 heteroatoms. The molecular formula is C18H16ClF2N3O2S2. The van der Waals surface area contributed by atoms with Gasteiger partial charge in [-0.25, -0.2) is 4.98 Å². The van der Waals surface area contributed by atoms with Crippen LogP contribution in [0.4, 0.5) is 8.78 Å². The third-order valence-electron chi connectivity index (χ3n) is 3.51. The fourth-order valence-electron chi connectivity index (χ4n) is 2.23. The van der Waals surface area contributed by atoms with Crippen LogP contribution in [0.15, 0.2) is 52.5 Å². The maximum atomic E-state index is 12.6. The first-order valence-electron chi connectivity index (χ1n) is 8.07. The van der Waals surface area contributed by atoms with Crippen molar-refractivity contribution in [2.45, 2.75) is 28.2 Å². The monoisotopic (exact) mass is 443 g/mol. The summed E-state index contributed by atoms with van der Waals surface area (Å²) in [5.74, 6) is -0.209. The van der Waals surface area contributed by atoms with E-state index in [1.807, 2.05) is 0 Å². The second-order valence-corrected chi connectivity index (χ2v) is 7.87. The van der Waals surface area contributed by atoms with Crippen molar-refractivity contribution in [1.82, 2.24) is 15.2 Å². The summed E-state index contributed by atoms with van der Waals surface area (Å²) in [4.78, 5) is 4.78. The van der Waals surface area contributed by atoms with E-state index in [1.54, 1.807) is 42.5 Å². The molecule has 0 saturated heterocycles. The highest BCUT2D eigenvalue weighted by Crippen LogP contribution is 2.35. The molecule has 1 N–H and O–H groups in total. The smallest absolute Gasteiger partial charge is 0.289 e. The van der Waals surface area contributed by atoms with Crippen LogP contribution in [-0.4, -0.2) is 28.0 Å². The van der Waals surface area contributed by atoms with Crippen molar-refractivity contribution < 1.29 is 18.3 Å². The Morgan fingerprint density at radius 1 is 1.18 bits per heavy atom. The van der Waals surface area contributed by atoms with Crippen LogP contribution in [0.2, 0.25) is 5.02 Å². The SMILES string of the molecule is COc1cc(CSc2n[nH]c(COc3ccc(Cl)cc3)n2)ccc1SC(F)F. The van der Waals surface area contributed by atoms with Crippen LogP contribution < -0.4 is 9.47 Å². The number of methoxy groups -OCH3 is 1. The molecule has 28 heavy (non-hydrogen) atoms. The molecule has 1 aromatic heterocycles. The van der Waals surface area contributed by atoms with Gasteiger partial charge < -0.3 is 9.47 Å². The first-order chi connectivity index (χ1) is 13.5. The molecule has 148 valence electrons. The summed E-state index contributed by atoms with van der Waals surface area (Å²) >= 11 is 7.72. The van der Waals surface area contributed by atoms with Crippen molar-refractivity contribution in [3.05, 3.63) is 58.9 Å². The molecule has 0 aliphatic rings. The summed E-state index contributed by atoms with van der Waals surface area (Å²) in [6.45, 7) is 0.253. The zero-order valence-corrected chi connectivity index (χ0v) is 17.1. The Hall–Kier alpha value is -1.97. The summed E-state index contributed by atoms with van der Waals surface area (Å²) < 4.78 is 35.9. The third kappa shape index (κ3) is 6.02. The lowest BCUT2D eigenvalue weighted by Gasteiger charge is -2.09. The summed E-state index contributed by atoms with van der Waals surface area (Å²) in [6.07, 6.45) is 0. The molecule has 0 radical (unpaired) electrons. The maximum Gasteiger partial charge on any atom is 0.289 e. The Morgan fingerprint density at radius 3 is 2.68 bits per heavy atom. The zero-order chi connectivity index (χ0) is 19.9. The molecule has 0 amide bonds. The van der Waals surface area contributed by atoms with Crippen LogP contribution in [0.3, 0.4) is 0 Å². The Morgan fingerprint density at radius 2 is 1.96 bits per heavy atom. The Bertz CT molecular complexity index is 910. The molecule has 0 atom stereocenters. The number of alkyl halides is 2. The van der Waals surface area contributed by atoms with E-state index in [2.05, 4.69) is 15.2 Å². The van der Waals surface area contributed by atoms with Gasteiger partial charge in [-0.05, 0) is 42.0 Å². The number of hydrogen-bond acceptors (Lipinski definition) is 6. The Balaban J connectivity index is 1.54. The molecule has 0 unspecified atom stereocenters. The maximum absolute atomic E-state index is 12.6. The standard InChI is InChI=1S/C18H16ClF2N3O2S2/c1-25-14-8-11(2-7-15(14)28-17(20)21)10-27-18-22-16(23-24-18)9-26-13-5-3-12(19)4-6-13/h2-8,17H,9-10H2,1H3,(H,22,23,24). The van der Waals surface area contributed by atoms with Crippen LogP contribution in [0.1, 0.15) is 11.4 Å². The minimum atomic E-state index is -2.49. The molecule has 0 bridgehead atoms. The van der Waals surface area contributed by atoms with Gasteiger partial charge in [0.05, 0.1) is 12.0 Å². The van der Waals surface area contributed by atoms with E-state index in [4.69, 9.17) is 21.1 Å². The predicted molar refractivity (Wildman–Crippen MR) is 107 cm³/mol. The van der Waals surface area contributed by atoms with Gasteiger partial charge in [0.15, 0.2) is 5.82 Å². The number of ether oxygens (including phenoxy) is 2. The minimum absolute atomic E-state index is 0.253. The molecule has 3 aromatic rings. The number of aromatic amines is 1. The van der Waals surface area contributed by atoms with Gasteiger partial charge in [-0.3, -0.25) is 5.10 Å². The van der Waals surface area contributed by atoms with E-state index in [9.17, 15) is 8.78 Å². The number of nitrogens with zero attached hydrogens (tertiary/aromatic N) is 2. The summed E-state index contributed by atoms with van der Waals surface area (Å²) in [7, 11) is 1.46. The van der Waals surface area contributed by atoms with Crippen LogP contribution in [0.5, 0.6) is 11.5 Å². The van der Waals surface area contributed by atoms with Gasteiger partial charge in [0.1, 0.15) is 18.1 Å². The molecular weight excluding hydrogens is 428 g/mol. The van der Waals surface area contributed by atoms with E-state index < -0.39 is 5.76 Å². The highest BCUT2D eigenvalue weighted by molar-refractivity contribution is 7.99. The molecule has 5 nitrogen and oxygen atoms in total. The highest BCUT2D eigenvalue weighted by atomic mass is 35.5. The van der Waals surface area contributed by atoms with Gasteiger partial charge in [-0.1, -0.05) is 41.2 Å². The van der Waals surface area contributed by atoms with Gasteiger partial charge >= 0.3 is 0 Å². The van der Waals surface area contributed by atoms with E-state index in [-0.39, 0.29) is 6.61 Å². The molecule has 1 heterocycles. The van der Waals surface area contributed by atoms with Crippen molar-refractivity contribution in [3.8, 4) is 11.5 Å². The predicted octanol–water partition coefficient (Wildman–Crippen LogP) is 5.65. The van der Waals surface area contributed by atoms with Gasteiger partial charge in [0.25, 0.3) is 5.76 Å². The van der Waals surface area contributed by atoms with Gasteiger partial charge in [0.2, 0.25) is 5.16 Å². The number of H-pyrrole nitrogens is 1. The number of rotatable bonds is 9. The molecule has 0 aliphatic heterocycles. The second-order valence-electron chi connectivity index (χ2n) is 5.46. The summed E-state index contributed by atoms with van der Waals surface area (Å²) in [6, 6.07) is 12.2. The lowest BCUT2D eigenvalue weighted by molar-refractivity contribution is 0.251. The van der Waals surface area contributed by atoms with Crippen LogP contribution in [0.25, 0.3) is 0 Å². The molecule has 0 saturated carbocycles. The summed E-state index contributed by atoms with van der Waals surface area (Å²) in [5, 5.41) is 8.19. The topological polar surface area (TPSA) is 60.0 Å². The van der Waals surface area contributed by atoms with Crippen LogP contribution in [0, 0.1) is 0 Å². The van der Waals surface area contributed by atoms with Gasteiger partial charge in [-0.2, -0.15) is 8.78 Å². The molecule has 0 spiro atoms. The lowest BCUT2D eigenvalue weighted by atomic mass is 10.2. The Kier molecular flexibility index (Phi) is 7.41. The highest BCUT2D eigenvalue weighted by Gasteiger charge is 2.12. The molecule has 0 fully saturated rings. The van der Waals surface area contributed by atoms with E-state index >= 15 is 0 Å². The molecule has 3 rings (SSSR count). The Labute approximate surface area is 174 Å². The molecule has 0 aliphatic carbocycles. The average molecular weight is 444 g/mol. The van der Waals surface area contributed by atoms with Crippen molar-refractivity contribution in [2.24, 2.45) is 0 Å². The van der Waals surface area contributed by atoms with Crippen molar-refractivity contribution in [3.63, 3.8) is 0 Å². The van der Waals surface area contributed by atoms with E-state index in [0.29, 0.717) is 49.9 Å². The fraction of sp³-hybridized carbons (Fsp3) is 0.222. The second kappa shape index (κ2) is 9.99. The number of nitrogens with one attached hydrogen (secondary N) is 1. The van der Waals surface area contributed by atoms with Crippen LogP contribution >= 0.6 is 35.1 Å². The van der Waals surface area contributed by atoms with E-state index in [1.165, 1.54) is 18.9 Å². The zero-order valence-electron chi connectivity index (χ0n) is 14.7. The van der Waals surface area contributed by atoms with Crippen molar-refractivity contribution in [2.75, 3.05) is 7.11 Å². The normalized spacial score (nSPS) is 11.0. The first-order valence-corrected chi connectivity index (χ1v) is 10.3. The van der Waals surface area contributed by atoms with Gasteiger partial charge in [-0.15, -0.1) is 5.10 Å².